The fourth-order valence-corrected chi connectivity index (χ4v) is 4.33. The van der Waals surface area contributed by atoms with Crippen LogP contribution in [0.4, 0.5) is 10.5 Å². The Hall–Kier alpha value is -4.38. The first-order valence-electron chi connectivity index (χ1n) is 10.7. The van der Waals surface area contributed by atoms with Gasteiger partial charge in [0.05, 0.1) is 5.56 Å². The van der Waals surface area contributed by atoms with Crippen molar-refractivity contribution >= 4 is 17.7 Å². The lowest BCUT2D eigenvalue weighted by atomic mass is 9.98. The van der Waals surface area contributed by atoms with E-state index in [0.717, 1.165) is 11.1 Å². The molecule has 4 aromatic carbocycles. The van der Waals surface area contributed by atoms with Gasteiger partial charge in [0, 0.05) is 11.6 Å². The number of nitrogens with one attached hydrogen (secondary N) is 1. The number of anilines is 1. The van der Waals surface area contributed by atoms with Crippen LogP contribution >= 0.6 is 0 Å². The van der Waals surface area contributed by atoms with E-state index in [4.69, 9.17) is 4.74 Å². The van der Waals surface area contributed by atoms with Gasteiger partial charge < -0.3 is 9.84 Å². The Morgan fingerprint density at radius 1 is 0.758 bits per heavy atom. The number of rotatable bonds is 5. The highest BCUT2D eigenvalue weighted by Crippen LogP contribution is 2.44. The van der Waals surface area contributed by atoms with Crippen molar-refractivity contribution in [3.63, 3.8) is 0 Å². The van der Waals surface area contributed by atoms with Crippen LogP contribution in [0.5, 0.6) is 0 Å². The van der Waals surface area contributed by atoms with Crippen LogP contribution in [-0.2, 0) is 4.74 Å². The minimum absolute atomic E-state index is 0.00652. The Bertz CT molecular complexity index is 1300. The normalized spacial score (nSPS) is 12.0. The van der Waals surface area contributed by atoms with Crippen molar-refractivity contribution in [1.29, 1.82) is 0 Å². The zero-order valence-corrected chi connectivity index (χ0v) is 17.7. The van der Waals surface area contributed by atoms with Gasteiger partial charge in [-0.05, 0) is 57.6 Å². The van der Waals surface area contributed by atoms with Gasteiger partial charge in [-0.3, -0.25) is 5.32 Å². The van der Waals surface area contributed by atoms with Crippen molar-refractivity contribution in [2.75, 3.05) is 11.9 Å². The molecule has 2 N–H and O–H groups in total. The number of aromatic carboxylic acids is 1. The smallest absolute Gasteiger partial charge is 0.411 e. The fraction of sp³-hybridized carbons (Fsp3) is 0.0714. The molecule has 0 unspecified atom stereocenters. The Morgan fingerprint density at radius 2 is 1.39 bits per heavy atom. The maximum Gasteiger partial charge on any atom is 0.411 e. The molecule has 1 aliphatic carbocycles. The summed E-state index contributed by atoms with van der Waals surface area (Å²) in [5.74, 6) is -0.961. The summed E-state index contributed by atoms with van der Waals surface area (Å²) in [6, 6.07) is 30.4. The van der Waals surface area contributed by atoms with Gasteiger partial charge in [0.25, 0.3) is 0 Å². The third-order valence-electron chi connectivity index (χ3n) is 5.92. The van der Waals surface area contributed by atoms with Gasteiger partial charge in [-0.25, -0.2) is 9.59 Å². The van der Waals surface area contributed by atoms with Gasteiger partial charge in [-0.2, -0.15) is 0 Å². The van der Waals surface area contributed by atoms with Crippen LogP contribution in [0.15, 0.2) is 97.1 Å². The predicted molar refractivity (Wildman–Crippen MR) is 128 cm³/mol. The summed E-state index contributed by atoms with van der Waals surface area (Å²) in [7, 11) is 0. The number of carboxylic acids is 1. The minimum Gasteiger partial charge on any atom is -0.478 e. The van der Waals surface area contributed by atoms with E-state index < -0.39 is 12.1 Å². The molecule has 0 saturated carbocycles. The molecule has 1 aliphatic rings. The van der Waals surface area contributed by atoms with E-state index in [0.29, 0.717) is 5.69 Å². The van der Waals surface area contributed by atoms with Crippen molar-refractivity contribution in [2.45, 2.75) is 5.92 Å². The molecule has 1 amide bonds. The quantitative estimate of drug-likeness (QED) is 0.380. The van der Waals surface area contributed by atoms with Crippen molar-refractivity contribution in [1.82, 2.24) is 0 Å². The van der Waals surface area contributed by atoms with Crippen LogP contribution in [-0.4, -0.2) is 23.8 Å². The number of carboxylic acid groups (broad SMARTS) is 1. The monoisotopic (exact) mass is 435 g/mol. The third kappa shape index (κ3) is 4.08. The molecule has 162 valence electrons. The first kappa shape index (κ1) is 20.5. The van der Waals surface area contributed by atoms with Crippen LogP contribution in [0.1, 0.15) is 27.4 Å². The van der Waals surface area contributed by atoms with Crippen molar-refractivity contribution in [3.05, 3.63) is 114 Å². The van der Waals surface area contributed by atoms with Crippen LogP contribution in [0.2, 0.25) is 0 Å². The lowest BCUT2D eigenvalue weighted by molar-refractivity contribution is 0.0697. The fourth-order valence-electron chi connectivity index (χ4n) is 4.33. The zero-order chi connectivity index (χ0) is 22.8. The predicted octanol–water partition coefficient (Wildman–Crippen LogP) is 6.41. The second-order valence-electron chi connectivity index (χ2n) is 7.91. The van der Waals surface area contributed by atoms with Gasteiger partial charge in [-0.1, -0.05) is 72.8 Å². The second kappa shape index (κ2) is 8.63. The Morgan fingerprint density at radius 3 is 2.03 bits per heavy atom. The van der Waals surface area contributed by atoms with Gasteiger partial charge in [0.1, 0.15) is 6.61 Å². The van der Waals surface area contributed by atoms with Crippen LogP contribution in [0.3, 0.4) is 0 Å². The summed E-state index contributed by atoms with van der Waals surface area (Å²) in [6.45, 7) is 0.250. The molecule has 0 bridgehead atoms. The van der Waals surface area contributed by atoms with Gasteiger partial charge in [0.2, 0.25) is 0 Å². The number of amides is 1. The second-order valence-corrected chi connectivity index (χ2v) is 7.91. The molecule has 5 heteroatoms. The highest BCUT2D eigenvalue weighted by Gasteiger charge is 2.29. The van der Waals surface area contributed by atoms with Crippen LogP contribution in [0.25, 0.3) is 22.3 Å². The van der Waals surface area contributed by atoms with E-state index in [1.807, 2.05) is 42.5 Å². The molecule has 0 fully saturated rings. The van der Waals surface area contributed by atoms with Gasteiger partial charge in [0.15, 0.2) is 0 Å². The average Bonchev–Trinajstić information content (AvgIpc) is 3.17. The topological polar surface area (TPSA) is 75.6 Å². The lowest BCUT2D eigenvalue weighted by Gasteiger charge is -2.14. The summed E-state index contributed by atoms with van der Waals surface area (Å²) < 4.78 is 5.59. The number of carbonyl (C=O) groups is 2. The maximum atomic E-state index is 12.5. The van der Waals surface area contributed by atoms with Crippen LogP contribution < -0.4 is 5.32 Å². The van der Waals surface area contributed by atoms with E-state index in [-0.39, 0.29) is 18.1 Å². The van der Waals surface area contributed by atoms with Crippen molar-refractivity contribution < 1.29 is 19.4 Å². The first-order chi connectivity index (χ1) is 16.1. The summed E-state index contributed by atoms with van der Waals surface area (Å²) >= 11 is 0. The summed E-state index contributed by atoms with van der Waals surface area (Å²) in [4.78, 5) is 23.7. The van der Waals surface area contributed by atoms with E-state index in [2.05, 4.69) is 29.6 Å². The summed E-state index contributed by atoms with van der Waals surface area (Å²) in [5, 5.41) is 11.9. The number of hydrogen-bond acceptors (Lipinski definition) is 3. The molecular formula is C28H21NO4. The molecule has 0 heterocycles. The van der Waals surface area contributed by atoms with E-state index in [1.54, 1.807) is 30.3 Å². The van der Waals surface area contributed by atoms with E-state index in [9.17, 15) is 14.7 Å². The Kier molecular flexibility index (Phi) is 5.37. The number of benzene rings is 4. The first-order valence-corrected chi connectivity index (χ1v) is 10.7. The maximum absolute atomic E-state index is 12.5. The third-order valence-corrected chi connectivity index (χ3v) is 5.92. The summed E-state index contributed by atoms with van der Waals surface area (Å²) in [5.41, 5.74) is 7.19. The molecule has 0 aliphatic heterocycles. The molecule has 0 aromatic heterocycles. The zero-order valence-electron chi connectivity index (χ0n) is 17.7. The summed E-state index contributed by atoms with van der Waals surface area (Å²) in [6.07, 6.45) is -0.516. The largest absolute Gasteiger partial charge is 0.478 e. The molecule has 5 rings (SSSR count). The van der Waals surface area contributed by atoms with E-state index >= 15 is 0 Å². The molecule has 33 heavy (non-hydrogen) atoms. The standard InChI is InChI=1S/C28H21NO4/c30-27(31)20-7-5-6-19(16-20)18-12-14-21(15-13-18)29-28(32)33-17-26-24-10-3-1-8-22(24)23-9-2-4-11-25(23)26/h1-16,26H,17H2,(H,29,32)(H,30,31). The van der Waals surface area contributed by atoms with Crippen LogP contribution in [0, 0.1) is 0 Å². The van der Waals surface area contributed by atoms with Crippen molar-refractivity contribution in [2.24, 2.45) is 0 Å². The Labute approximate surface area is 191 Å². The molecule has 0 atom stereocenters. The molecule has 0 spiro atoms. The van der Waals surface area contributed by atoms with Crippen molar-refractivity contribution in [3.8, 4) is 22.3 Å². The molecule has 4 aromatic rings. The number of ether oxygens (including phenoxy) is 1. The molecule has 0 radical (unpaired) electrons. The molecule has 0 saturated heterocycles. The van der Waals surface area contributed by atoms with Gasteiger partial charge in [-0.15, -0.1) is 0 Å². The SMILES string of the molecule is O=C(Nc1ccc(-c2cccc(C(=O)O)c2)cc1)OCC1c2ccccc2-c2ccccc21. The Balaban J connectivity index is 1.25. The highest BCUT2D eigenvalue weighted by molar-refractivity contribution is 5.90. The minimum atomic E-state index is -0.967. The average molecular weight is 435 g/mol. The van der Waals surface area contributed by atoms with E-state index in [1.165, 1.54) is 22.3 Å². The molecular weight excluding hydrogens is 414 g/mol. The highest BCUT2D eigenvalue weighted by atomic mass is 16.5. The number of fused-ring (bicyclic) bond motifs is 3. The number of carbonyl (C=O) groups excluding carboxylic acids is 1. The lowest BCUT2D eigenvalue weighted by Crippen LogP contribution is -2.17. The van der Waals surface area contributed by atoms with Gasteiger partial charge >= 0.3 is 12.1 Å². The number of hydrogen-bond donors (Lipinski definition) is 2. The molecule has 5 nitrogen and oxygen atoms in total.